The van der Waals surface area contributed by atoms with E-state index < -0.39 is 22.3 Å². The summed E-state index contributed by atoms with van der Waals surface area (Å²) in [6.07, 6.45) is 0.489. The molecule has 2 N–H and O–H groups in total. The minimum Gasteiger partial charge on any atom is -0.480 e. The average molecular weight is 447 g/mol. The first-order valence-corrected chi connectivity index (χ1v) is 10.8. The van der Waals surface area contributed by atoms with E-state index in [2.05, 4.69) is 5.32 Å². The highest BCUT2D eigenvalue weighted by molar-refractivity contribution is 8.00. The van der Waals surface area contributed by atoms with Gasteiger partial charge >= 0.3 is 5.97 Å². The standard InChI is InChI=1S/C21H19ClN2O5S/c1-10(25)11-6-7-14-12(8-11)18-13(20(23-14)21(26)27)9-17(19(18)22)30-16-5-3-2-4-15(16)24(28)29/h2-8,13,17-20,23H,9H2,1H3,(H,26,27)/t13-,17+,18-,19+,20-/m0/s1. The van der Waals surface area contributed by atoms with E-state index >= 15 is 0 Å². The highest BCUT2D eigenvalue weighted by Gasteiger charge is 2.52. The predicted octanol–water partition coefficient (Wildman–Crippen LogP) is 4.55. The molecule has 2 aliphatic rings. The molecule has 9 heteroatoms. The molecule has 30 heavy (non-hydrogen) atoms. The van der Waals surface area contributed by atoms with Crippen molar-refractivity contribution < 1.29 is 19.6 Å². The van der Waals surface area contributed by atoms with E-state index in [1.165, 1.54) is 24.8 Å². The first-order valence-electron chi connectivity index (χ1n) is 9.46. The van der Waals surface area contributed by atoms with Crippen LogP contribution in [-0.2, 0) is 4.79 Å². The lowest BCUT2D eigenvalue weighted by Gasteiger charge is -2.36. The van der Waals surface area contributed by atoms with Gasteiger partial charge in [0.15, 0.2) is 5.78 Å². The second-order valence-electron chi connectivity index (χ2n) is 7.57. The summed E-state index contributed by atoms with van der Waals surface area (Å²) in [6, 6.07) is 10.8. The van der Waals surface area contributed by atoms with Crippen molar-refractivity contribution in [1.82, 2.24) is 0 Å². The molecule has 0 amide bonds. The van der Waals surface area contributed by atoms with Gasteiger partial charge < -0.3 is 10.4 Å². The summed E-state index contributed by atoms with van der Waals surface area (Å²) in [5.41, 5.74) is 2.04. The Morgan fingerprint density at radius 1 is 1.27 bits per heavy atom. The van der Waals surface area contributed by atoms with Crippen LogP contribution in [0.4, 0.5) is 11.4 Å². The monoisotopic (exact) mass is 446 g/mol. The third-order valence-electron chi connectivity index (χ3n) is 5.83. The Labute approximate surface area is 182 Å². The highest BCUT2D eigenvalue weighted by atomic mass is 35.5. The number of fused-ring (bicyclic) bond motifs is 3. The number of aliphatic carboxylic acids is 1. The number of carbonyl (C=O) groups excluding carboxylic acids is 1. The van der Waals surface area contributed by atoms with Crippen LogP contribution in [0.2, 0.25) is 0 Å². The molecule has 156 valence electrons. The number of nitro groups is 1. The zero-order valence-corrected chi connectivity index (χ0v) is 17.5. The van der Waals surface area contributed by atoms with Crippen LogP contribution in [0, 0.1) is 16.0 Å². The van der Waals surface area contributed by atoms with Crippen molar-refractivity contribution in [2.45, 2.75) is 40.8 Å². The first-order chi connectivity index (χ1) is 14.3. The van der Waals surface area contributed by atoms with Crippen molar-refractivity contribution in [3.05, 3.63) is 63.7 Å². The number of nitro benzene ring substituents is 1. The van der Waals surface area contributed by atoms with Crippen molar-refractivity contribution in [1.29, 1.82) is 0 Å². The maximum Gasteiger partial charge on any atom is 0.326 e. The van der Waals surface area contributed by atoms with Gasteiger partial charge in [0.25, 0.3) is 5.69 Å². The van der Waals surface area contributed by atoms with Crippen molar-refractivity contribution in [2.75, 3.05) is 5.32 Å². The van der Waals surface area contributed by atoms with E-state index in [0.717, 1.165) is 5.56 Å². The largest absolute Gasteiger partial charge is 0.480 e. The molecule has 0 unspecified atom stereocenters. The van der Waals surface area contributed by atoms with Crippen LogP contribution < -0.4 is 5.32 Å². The summed E-state index contributed by atoms with van der Waals surface area (Å²) in [5, 5.41) is 23.6. The Hall–Kier alpha value is -2.58. The van der Waals surface area contributed by atoms with Crippen LogP contribution in [0.15, 0.2) is 47.4 Å². The number of carbonyl (C=O) groups is 2. The van der Waals surface area contributed by atoms with E-state index in [4.69, 9.17) is 11.6 Å². The predicted molar refractivity (Wildman–Crippen MR) is 115 cm³/mol. The number of nitrogens with one attached hydrogen (secondary N) is 1. The first kappa shape index (κ1) is 20.7. The Balaban J connectivity index is 1.72. The Kier molecular flexibility index (Phi) is 5.46. The van der Waals surface area contributed by atoms with Gasteiger partial charge in [-0.25, -0.2) is 4.79 Å². The van der Waals surface area contributed by atoms with E-state index in [0.29, 0.717) is 22.6 Å². The average Bonchev–Trinajstić information content (AvgIpc) is 3.03. The molecule has 0 bridgehead atoms. The maximum atomic E-state index is 11.9. The van der Waals surface area contributed by atoms with Crippen LogP contribution in [0.3, 0.4) is 0 Å². The number of rotatable bonds is 5. The van der Waals surface area contributed by atoms with Gasteiger partial charge in [-0.05, 0) is 49.1 Å². The van der Waals surface area contributed by atoms with Crippen LogP contribution in [0.1, 0.15) is 35.2 Å². The highest BCUT2D eigenvalue weighted by Crippen LogP contribution is 2.55. The number of hydrogen-bond donors (Lipinski definition) is 2. The van der Waals surface area contributed by atoms with Crippen molar-refractivity contribution in [3.63, 3.8) is 0 Å². The minimum atomic E-state index is -0.966. The number of carboxylic acid groups (broad SMARTS) is 1. The number of thioether (sulfide) groups is 1. The van der Waals surface area contributed by atoms with E-state index in [-0.39, 0.29) is 28.6 Å². The number of ketones is 1. The normalized spacial score (nSPS) is 26.9. The Bertz CT molecular complexity index is 1050. The number of para-hydroxylation sites is 1. The summed E-state index contributed by atoms with van der Waals surface area (Å²) in [7, 11) is 0. The van der Waals surface area contributed by atoms with Gasteiger partial charge in [-0.2, -0.15) is 0 Å². The van der Waals surface area contributed by atoms with Crippen LogP contribution in [-0.4, -0.2) is 38.5 Å². The van der Waals surface area contributed by atoms with Gasteiger partial charge in [0.2, 0.25) is 0 Å². The Morgan fingerprint density at radius 2 is 2.00 bits per heavy atom. The zero-order valence-electron chi connectivity index (χ0n) is 15.9. The fourth-order valence-electron chi connectivity index (χ4n) is 4.45. The lowest BCUT2D eigenvalue weighted by Crippen LogP contribution is -2.42. The summed E-state index contributed by atoms with van der Waals surface area (Å²) in [4.78, 5) is 35.3. The molecule has 1 fully saturated rings. The van der Waals surface area contributed by atoms with Crippen molar-refractivity contribution in [3.8, 4) is 0 Å². The molecule has 1 saturated carbocycles. The second kappa shape index (κ2) is 7.92. The van der Waals surface area contributed by atoms with Gasteiger partial charge in [0.1, 0.15) is 6.04 Å². The Morgan fingerprint density at radius 3 is 2.67 bits per heavy atom. The van der Waals surface area contributed by atoms with E-state index in [9.17, 15) is 24.8 Å². The molecule has 7 nitrogen and oxygen atoms in total. The molecule has 1 aliphatic carbocycles. The van der Waals surface area contributed by atoms with Crippen LogP contribution >= 0.6 is 23.4 Å². The van der Waals surface area contributed by atoms with E-state index in [1.807, 2.05) is 0 Å². The molecule has 2 aromatic rings. The second-order valence-corrected chi connectivity index (χ2v) is 9.35. The molecule has 0 radical (unpaired) electrons. The molecular weight excluding hydrogens is 428 g/mol. The molecule has 1 aliphatic heterocycles. The molecule has 2 aromatic carbocycles. The summed E-state index contributed by atoms with van der Waals surface area (Å²) in [5.74, 6) is -1.61. The van der Waals surface area contributed by atoms with Crippen molar-refractivity contribution >= 4 is 46.5 Å². The number of benzene rings is 2. The fourth-order valence-corrected chi connectivity index (χ4v) is 6.39. The number of nitrogens with zero attached hydrogens (tertiary/aromatic N) is 1. The fraction of sp³-hybridized carbons (Fsp3) is 0.333. The van der Waals surface area contributed by atoms with Gasteiger partial charge in [0, 0.05) is 28.5 Å². The molecular formula is C21H19ClN2O5S. The number of halogens is 1. The minimum absolute atomic E-state index is 0.00779. The summed E-state index contributed by atoms with van der Waals surface area (Å²) >= 11 is 8.18. The number of Topliss-reactive ketones (excluding diaryl/α,β-unsaturated/α-hetero) is 1. The molecule has 4 rings (SSSR count). The molecule has 1 heterocycles. The van der Waals surface area contributed by atoms with Gasteiger partial charge in [-0.3, -0.25) is 14.9 Å². The quantitative estimate of drug-likeness (QED) is 0.300. The summed E-state index contributed by atoms with van der Waals surface area (Å²) in [6.45, 7) is 1.48. The summed E-state index contributed by atoms with van der Waals surface area (Å²) < 4.78 is 0. The van der Waals surface area contributed by atoms with Crippen LogP contribution in [0.25, 0.3) is 0 Å². The van der Waals surface area contributed by atoms with Crippen molar-refractivity contribution in [2.24, 2.45) is 5.92 Å². The smallest absolute Gasteiger partial charge is 0.326 e. The number of carboxylic acids is 1. The third-order valence-corrected chi connectivity index (χ3v) is 7.94. The van der Waals surface area contributed by atoms with Crippen LogP contribution in [0.5, 0.6) is 0 Å². The SMILES string of the molecule is CC(=O)c1ccc2c(c1)[C@@H]1[C@H](Cl)[C@H](Sc3ccccc3[N+](=O)[O-])C[C@@H]1[C@@H](C(=O)O)N2. The molecule has 0 aromatic heterocycles. The number of anilines is 1. The maximum absolute atomic E-state index is 11.9. The number of alkyl halides is 1. The molecule has 5 atom stereocenters. The third kappa shape index (κ3) is 3.54. The number of hydrogen-bond acceptors (Lipinski definition) is 6. The molecule has 0 spiro atoms. The lowest BCUT2D eigenvalue weighted by molar-refractivity contribution is -0.387. The van der Waals surface area contributed by atoms with E-state index in [1.54, 1.807) is 36.4 Å². The van der Waals surface area contributed by atoms with Gasteiger partial charge in [-0.1, -0.05) is 12.1 Å². The van der Waals surface area contributed by atoms with Gasteiger partial charge in [-0.15, -0.1) is 23.4 Å². The topological polar surface area (TPSA) is 110 Å². The molecule has 0 saturated heterocycles. The lowest BCUT2D eigenvalue weighted by atomic mass is 9.79. The van der Waals surface area contributed by atoms with Gasteiger partial charge in [0.05, 0.1) is 15.2 Å². The zero-order chi connectivity index (χ0) is 21.6.